The smallest absolute Gasteiger partial charge is 0.180 e. The Kier molecular flexibility index (Phi) is 2.62. The zero-order chi connectivity index (χ0) is 13.7. The minimum absolute atomic E-state index is 0.895. The van der Waals surface area contributed by atoms with Crippen LogP contribution in [0.3, 0.4) is 0 Å². The van der Waals surface area contributed by atoms with Gasteiger partial charge in [-0.2, -0.15) is 5.10 Å². The van der Waals surface area contributed by atoms with Crippen LogP contribution >= 0.6 is 0 Å². The minimum Gasteiger partial charge on any atom is -0.373 e. The number of nitrogens with zero attached hydrogens (tertiary/aromatic N) is 5. The SMILES string of the molecule is CN(C)c1cnn2ccc(N3CC4CCCC4C3)nc12. The van der Waals surface area contributed by atoms with Gasteiger partial charge < -0.3 is 9.80 Å². The Hall–Kier alpha value is -1.78. The lowest BCUT2D eigenvalue weighted by molar-refractivity contribution is 0.494. The fraction of sp³-hybridized carbons (Fsp3) is 0.600. The van der Waals surface area contributed by atoms with Crippen LogP contribution in [0.4, 0.5) is 11.5 Å². The molecular weight excluding hydrogens is 250 g/mol. The van der Waals surface area contributed by atoms with Crippen molar-refractivity contribution in [2.75, 3.05) is 37.0 Å². The van der Waals surface area contributed by atoms with Gasteiger partial charge in [0, 0.05) is 33.4 Å². The first-order valence-corrected chi connectivity index (χ1v) is 7.49. The summed E-state index contributed by atoms with van der Waals surface area (Å²) in [6.07, 6.45) is 8.13. The minimum atomic E-state index is 0.895. The zero-order valence-corrected chi connectivity index (χ0v) is 12.2. The third-order valence-electron chi connectivity index (χ3n) is 4.87. The molecule has 20 heavy (non-hydrogen) atoms. The molecule has 106 valence electrons. The van der Waals surface area contributed by atoms with E-state index in [1.165, 1.54) is 32.4 Å². The lowest BCUT2D eigenvalue weighted by atomic mass is 10.0. The standard InChI is InChI=1S/C15H21N5/c1-18(2)13-8-16-20-7-6-14(17-15(13)20)19-9-11-4-3-5-12(11)10-19/h6-8,11-12H,3-5,9-10H2,1-2H3. The summed E-state index contributed by atoms with van der Waals surface area (Å²) in [4.78, 5) is 9.38. The van der Waals surface area contributed by atoms with Gasteiger partial charge in [0.2, 0.25) is 0 Å². The molecule has 3 heterocycles. The topological polar surface area (TPSA) is 36.7 Å². The summed E-state index contributed by atoms with van der Waals surface area (Å²) in [5, 5.41) is 4.36. The largest absolute Gasteiger partial charge is 0.373 e. The van der Waals surface area contributed by atoms with E-state index in [-0.39, 0.29) is 0 Å². The highest BCUT2D eigenvalue weighted by Gasteiger charge is 2.36. The van der Waals surface area contributed by atoms with Crippen molar-refractivity contribution in [3.8, 4) is 0 Å². The highest BCUT2D eigenvalue weighted by Crippen LogP contribution is 2.39. The van der Waals surface area contributed by atoms with E-state index in [9.17, 15) is 0 Å². The highest BCUT2D eigenvalue weighted by molar-refractivity contribution is 5.69. The second-order valence-corrected chi connectivity index (χ2v) is 6.33. The third kappa shape index (κ3) is 1.76. The Labute approximate surface area is 119 Å². The molecule has 0 amide bonds. The Morgan fingerprint density at radius 2 is 1.95 bits per heavy atom. The Bertz CT molecular complexity index is 620. The van der Waals surface area contributed by atoms with Gasteiger partial charge in [-0.15, -0.1) is 0 Å². The molecule has 5 nitrogen and oxygen atoms in total. The maximum Gasteiger partial charge on any atom is 0.180 e. The predicted molar refractivity (Wildman–Crippen MR) is 80.4 cm³/mol. The fourth-order valence-corrected chi connectivity index (χ4v) is 3.76. The molecule has 0 aromatic carbocycles. The van der Waals surface area contributed by atoms with Crippen molar-refractivity contribution in [2.24, 2.45) is 11.8 Å². The molecule has 4 rings (SSSR count). The number of aromatic nitrogens is 3. The molecule has 1 aliphatic carbocycles. The molecule has 2 atom stereocenters. The van der Waals surface area contributed by atoms with Gasteiger partial charge in [0.15, 0.2) is 5.65 Å². The molecule has 0 spiro atoms. The molecule has 2 aromatic rings. The maximum atomic E-state index is 4.85. The number of rotatable bonds is 2. The van der Waals surface area contributed by atoms with Gasteiger partial charge in [-0.3, -0.25) is 0 Å². The van der Waals surface area contributed by atoms with Crippen molar-refractivity contribution in [1.82, 2.24) is 14.6 Å². The van der Waals surface area contributed by atoms with Gasteiger partial charge in [-0.25, -0.2) is 9.50 Å². The van der Waals surface area contributed by atoms with Crippen LogP contribution in [0.25, 0.3) is 5.65 Å². The monoisotopic (exact) mass is 271 g/mol. The summed E-state index contributed by atoms with van der Waals surface area (Å²) in [5.74, 6) is 2.90. The molecule has 5 heteroatoms. The molecule has 1 saturated heterocycles. The van der Waals surface area contributed by atoms with Crippen LogP contribution < -0.4 is 9.80 Å². The van der Waals surface area contributed by atoms with E-state index < -0.39 is 0 Å². The van der Waals surface area contributed by atoms with Crippen molar-refractivity contribution in [3.63, 3.8) is 0 Å². The normalized spacial score (nSPS) is 25.4. The molecule has 2 aliphatic rings. The molecule has 0 bridgehead atoms. The van der Waals surface area contributed by atoms with Crippen LogP contribution in [0.5, 0.6) is 0 Å². The second-order valence-electron chi connectivity index (χ2n) is 6.33. The number of fused-ring (bicyclic) bond motifs is 2. The lowest BCUT2D eigenvalue weighted by Crippen LogP contribution is -2.22. The average molecular weight is 271 g/mol. The van der Waals surface area contributed by atoms with E-state index in [4.69, 9.17) is 4.98 Å². The van der Waals surface area contributed by atoms with Crippen LogP contribution in [0.2, 0.25) is 0 Å². The van der Waals surface area contributed by atoms with Crippen LogP contribution in [-0.2, 0) is 0 Å². The maximum absolute atomic E-state index is 4.85. The summed E-state index contributed by atoms with van der Waals surface area (Å²) in [6, 6.07) is 2.10. The highest BCUT2D eigenvalue weighted by atomic mass is 15.3. The lowest BCUT2D eigenvalue weighted by Gasteiger charge is -2.19. The van der Waals surface area contributed by atoms with Gasteiger partial charge in [0.1, 0.15) is 11.5 Å². The number of hydrogen-bond acceptors (Lipinski definition) is 4. The van der Waals surface area contributed by atoms with Gasteiger partial charge in [0.25, 0.3) is 0 Å². The van der Waals surface area contributed by atoms with E-state index in [0.717, 1.165) is 29.0 Å². The summed E-state index contributed by atoms with van der Waals surface area (Å²) < 4.78 is 1.86. The first-order chi connectivity index (χ1) is 9.72. The predicted octanol–water partition coefficient (Wildman–Crippen LogP) is 2.03. The Morgan fingerprint density at radius 3 is 2.65 bits per heavy atom. The summed E-state index contributed by atoms with van der Waals surface area (Å²) in [6.45, 7) is 2.36. The zero-order valence-electron chi connectivity index (χ0n) is 12.2. The van der Waals surface area contributed by atoms with Gasteiger partial charge >= 0.3 is 0 Å². The Balaban J connectivity index is 1.68. The van der Waals surface area contributed by atoms with E-state index in [1.54, 1.807) is 0 Å². The third-order valence-corrected chi connectivity index (χ3v) is 4.87. The molecule has 0 radical (unpaired) electrons. The summed E-state index contributed by atoms with van der Waals surface area (Å²) in [7, 11) is 4.07. The first-order valence-electron chi connectivity index (χ1n) is 7.49. The second kappa shape index (κ2) is 4.36. The number of hydrogen-bond donors (Lipinski definition) is 0. The average Bonchev–Trinajstić information content (AvgIpc) is 3.11. The fourth-order valence-electron chi connectivity index (χ4n) is 3.76. The molecule has 1 saturated carbocycles. The van der Waals surface area contributed by atoms with Crippen LogP contribution in [0.15, 0.2) is 18.5 Å². The van der Waals surface area contributed by atoms with E-state index in [2.05, 4.69) is 21.0 Å². The van der Waals surface area contributed by atoms with Crippen molar-refractivity contribution in [2.45, 2.75) is 19.3 Å². The van der Waals surface area contributed by atoms with E-state index in [0.29, 0.717) is 0 Å². The van der Waals surface area contributed by atoms with Crippen LogP contribution in [0, 0.1) is 11.8 Å². The molecule has 0 N–H and O–H groups in total. The molecular formula is C15H21N5. The summed E-state index contributed by atoms with van der Waals surface area (Å²) >= 11 is 0. The van der Waals surface area contributed by atoms with Crippen LogP contribution in [-0.4, -0.2) is 41.8 Å². The van der Waals surface area contributed by atoms with E-state index in [1.807, 2.05) is 31.0 Å². The summed E-state index contributed by atoms with van der Waals surface area (Å²) in [5.41, 5.74) is 2.02. The molecule has 2 aromatic heterocycles. The van der Waals surface area contributed by atoms with Gasteiger partial charge in [-0.1, -0.05) is 6.42 Å². The molecule has 1 aliphatic heterocycles. The Morgan fingerprint density at radius 1 is 1.20 bits per heavy atom. The first kappa shape index (κ1) is 12.0. The van der Waals surface area contributed by atoms with Crippen molar-refractivity contribution < 1.29 is 0 Å². The molecule has 2 unspecified atom stereocenters. The number of anilines is 2. The molecule has 2 fully saturated rings. The van der Waals surface area contributed by atoms with Crippen molar-refractivity contribution >= 4 is 17.2 Å². The van der Waals surface area contributed by atoms with E-state index >= 15 is 0 Å². The quantitative estimate of drug-likeness (QED) is 0.837. The van der Waals surface area contributed by atoms with Gasteiger partial charge in [-0.05, 0) is 30.7 Å². The van der Waals surface area contributed by atoms with Crippen LogP contribution in [0.1, 0.15) is 19.3 Å². The van der Waals surface area contributed by atoms with Gasteiger partial charge in [0.05, 0.1) is 6.20 Å². The van der Waals surface area contributed by atoms with Crippen molar-refractivity contribution in [3.05, 3.63) is 18.5 Å². The van der Waals surface area contributed by atoms with Crippen molar-refractivity contribution in [1.29, 1.82) is 0 Å².